The van der Waals surface area contributed by atoms with Crippen LogP contribution in [0.1, 0.15) is 11.8 Å². The third kappa shape index (κ3) is 5.52. The van der Waals surface area contributed by atoms with E-state index in [1.54, 1.807) is 4.90 Å². The van der Waals surface area contributed by atoms with Crippen molar-refractivity contribution in [1.82, 2.24) is 14.7 Å². The number of hydrogen-bond donors (Lipinski definition) is 1. The van der Waals surface area contributed by atoms with Crippen LogP contribution >= 0.6 is 22.9 Å². The summed E-state index contributed by atoms with van der Waals surface area (Å²) in [7, 11) is 1.83. The molecule has 1 amide bonds. The van der Waals surface area contributed by atoms with Gasteiger partial charge >= 0.3 is 0 Å². The summed E-state index contributed by atoms with van der Waals surface area (Å²) in [5, 5.41) is 9.41. The fourth-order valence-corrected chi connectivity index (χ4v) is 3.72. The zero-order chi connectivity index (χ0) is 16.1. The molecule has 124 valence electrons. The van der Waals surface area contributed by atoms with Crippen LogP contribution in [0.3, 0.4) is 0 Å². The van der Waals surface area contributed by atoms with Crippen molar-refractivity contribution in [3.05, 3.63) is 21.3 Å². The topological polar surface area (TPSA) is 47.0 Å². The van der Waals surface area contributed by atoms with Gasteiger partial charge in [-0.3, -0.25) is 14.6 Å². The van der Waals surface area contributed by atoms with Gasteiger partial charge in [-0.25, -0.2) is 0 Å². The lowest BCUT2D eigenvalue weighted by molar-refractivity contribution is -0.132. The molecule has 0 aromatic carbocycles. The van der Waals surface area contributed by atoms with Crippen LogP contribution in [0.15, 0.2) is 12.1 Å². The number of aliphatic hydroxyl groups excluding tert-OH is 1. The maximum atomic E-state index is 12.3. The Balaban J connectivity index is 1.73. The summed E-state index contributed by atoms with van der Waals surface area (Å²) < 4.78 is 0.755. The van der Waals surface area contributed by atoms with Crippen LogP contribution in [0, 0.1) is 0 Å². The first-order chi connectivity index (χ1) is 10.4. The summed E-state index contributed by atoms with van der Waals surface area (Å²) in [4.78, 5) is 19.6. The molecule has 0 spiro atoms. The fourth-order valence-electron chi connectivity index (χ4n) is 2.57. The molecule has 1 fully saturated rings. The number of nitrogens with zero attached hydrogens (tertiary/aromatic N) is 3. The molecule has 1 aromatic rings. The summed E-state index contributed by atoms with van der Waals surface area (Å²) in [6, 6.07) is 3.83. The first-order valence-corrected chi connectivity index (χ1v) is 8.74. The normalized spacial score (nSPS) is 18.4. The van der Waals surface area contributed by atoms with E-state index in [1.165, 1.54) is 11.3 Å². The molecule has 1 N–H and O–H groups in total. The molecule has 1 aliphatic heterocycles. The number of halogens is 1. The molecule has 7 heteroatoms. The Hall–Kier alpha value is -0.660. The van der Waals surface area contributed by atoms with Crippen LogP contribution in [-0.2, 0) is 11.3 Å². The van der Waals surface area contributed by atoms with E-state index in [4.69, 9.17) is 11.6 Å². The molecule has 0 bridgehead atoms. The summed E-state index contributed by atoms with van der Waals surface area (Å²) >= 11 is 7.43. The van der Waals surface area contributed by atoms with Crippen molar-refractivity contribution in [3.8, 4) is 0 Å². The third-order valence-corrected chi connectivity index (χ3v) is 5.01. The molecule has 1 unspecified atom stereocenters. The van der Waals surface area contributed by atoms with E-state index in [0.29, 0.717) is 19.6 Å². The van der Waals surface area contributed by atoms with Crippen molar-refractivity contribution in [2.75, 3.05) is 46.3 Å². The zero-order valence-electron chi connectivity index (χ0n) is 13.2. The minimum Gasteiger partial charge on any atom is -0.392 e. The first-order valence-electron chi connectivity index (χ1n) is 7.55. The van der Waals surface area contributed by atoms with Gasteiger partial charge < -0.3 is 10.0 Å². The number of piperazine rings is 1. The van der Waals surface area contributed by atoms with E-state index in [2.05, 4.69) is 9.80 Å². The van der Waals surface area contributed by atoms with Crippen molar-refractivity contribution in [3.63, 3.8) is 0 Å². The van der Waals surface area contributed by atoms with E-state index in [9.17, 15) is 9.90 Å². The van der Waals surface area contributed by atoms with E-state index in [-0.39, 0.29) is 12.0 Å². The van der Waals surface area contributed by atoms with Crippen LogP contribution in [0.25, 0.3) is 0 Å². The second-order valence-corrected chi connectivity index (χ2v) is 7.68. The molecule has 22 heavy (non-hydrogen) atoms. The van der Waals surface area contributed by atoms with E-state index in [0.717, 1.165) is 35.4 Å². The number of β-amino-alcohol motifs (C(OH)–C–C–N with tert-alkyl or cyclic N) is 1. The highest BCUT2D eigenvalue weighted by Gasteiger charge is 2.21. The molecule has 1 aromatic heterocycles. The molecule has 1 saturated heterocycles. The molecule has 2 rings (SSSR count). The molecule has 0 aliphatic carbocycles. The van der Waals surface area contributed by atoms with Gasteiger partial charge in [-0.2, -0.15) is 0 Å². The van der Waals surface area contributed by atoms with Gasteiger partial charge in [0.05, 0.1) is 23.5 Å². The SMILES string of the molecule is CC(O)CN1CCN(CC(=O)N(C)Cc2ccc(Cl)s2)CC1. The lowest BCUT2D eigenvalue weighted by atomic mass is 10.2. The number of hydrogen-bond acceptors (Lipinski definition) is 5. The summed E-state index contributed by atoms with van der Waals surface area (Å²) in [5.41, 5.74) is 0. The highest BCUT2D eigenvalue weighted by Crippen LogP contribution is 2.22. The number of carbonyl (C=O) groups excluding carboxylic acids is 1. The second kappa shape index (κ2) is 8.26. The van der Waals surface area contributed by atoms with Crippen molar-refractivity contribution in [2.24, 2.45) is 0 Å². The van der Waals surface area contributed by atoms with Crippen LogP contribution in [-0.4, -0.2) is 78.1 Å². The zero-order valence-corrected chi connectivity index (χ0v) is 14.7. The minimum atomic E-state index is -0.295. The van der Waals surface area contributed by atoms with Crippen LogP contribution < -0.4 is 0 Å². The fraction of sp³-hybridized carbons (Fsp3) is 0.667. The number of likely N-dealkylation sites (N-methyl/N-ethyl adjacent to an activating group) is 1. The van der Waals surface area contributed by atoms with Gasteiger partial charge in [0.15, 0.2) is 0 Å². The average molecular weight is 346 g/mol. The van der Waals surface area contributed by atoms with Crippen molar-refractivity contribution < 1.29 is 9.90 Å². The Labute approximate surface area is 141 Å². The molecular formula is C15H24ClN3O2S. The van der Waals surface area contributed by atoms with Gasteiger partial charge in [-0.1, -0.05) is 11.6 Å². The smallest absolute Gasteiger partial charge is 0.236 e. The van der Waals surface area contributed by atoms with Gasteiger partial charge in [0.2, 0.25) is 5.91 Å². The van der Waals surface area contributed by atoms with Gasteiger partial charge in [0, 0.05) is 44.6 Å². The lowest BCUT2D eigenvalue weighted by Gasteiger charge is -2.35. The van der Waals surface area contributed by atoms with E-state index < -0.39 is 0 Å². The average Bonchev–Trinajstić information content (AvgIpc) is 2.85. The number of aliphatic hydroxyl groups is 1. The van der Waals surface area contributed by atoms with Crippen LogP contribution in [0.2, 0.25) is 4.34 Å². The molecule has 1 atom stereocenters. The van der Waals surface area contributed by atoms with Gasteiger partial charge in [-0.05, 0) is 19.1 Å². The summed E-state index contributed by atoms with van der Waals surface area (Å²) in [6.07, 6.45) is -0.295. The number of carbonyl (C=O) groups is 1. The Kier molecular flexibility index (Phi) is 6.65. The number of thiophene rings is 1. The second-order valence-electron chi connectivity index (χ2n) is 5.88. The molecule has 0 saturated carbocycles. The number of amides is 1. The minimum absolute atomic E-state index is 0.133. The van der Waals surface area contributed by atoms with Crippen molar-refractivity contribution in [2.45, 2.75) is 19.6 Å². The molecule has 1 aliphatic rings. The Bertz CT molecular complexity index is 487. The lowest BCUT2D eigenvalue weighted by Crippen LogP contribution is -2.50. The van der Waals surface area contributed by atoms with Crippen LogP contribution in [0.4, 0.5) is 0 Å². The molecule has 0 radical (unpaired) electrons. The standard InChI is InChI=1S/C15H24ClN3O2S/c1-12(20)9-18-5-7-19(8-6-18)11-15(21)17(2)10-13-3-4-14(16)22-13/h3-4,12,20H,5-11H2,1-2H3. The Morgan fingerprint density at radius 1 is 1.36 bits per heavy atom. The van der Waals surface area contributed by atoms with E-state index in [1.807, 2.05) is 26.1 Å². The first kappa shape index (κ1) is 17.7. The highest BCUT2D eigenvalue weighted by atomic mass is 35.5. The Morgan fingerprint density at radius 2 is 2.00 bits per heavy atom. The van der Waals surface area contributed by atoms with Crippen LogP contribution in [0.5, 0.6) is 0 Å². The van der Waals surface area contributed by atoms with Gasteiger partial charge in [0.1, 0.15) is 0 Å². The number of rotatable bonds is 6. The van der Waals surface area contributed by atoms with Crippen molar-refractivity contribution in [1.29, 1.82) is 0 Å². The van der Waals surface area contributed by atoms with E-state index >= 15 is 0 Å². The molecule has 2 heterocycles. The predicted octanol–water partition coefficient (Wildman–Crippen LogP) is 1.36. The summed E-state index contributed by atoms with van der Waals surface area (Å²) in [6.45, 7) is 7.14. The molecular weight excluding hydrogens is 322 g/mol. The highest BCUT2D eigenvalue weighted by molar-refractivity contribution is 7.16. The quantitative estimate of drug-likeness (QED) is 0.845. The monoisotopic (exact) mass is 345 g/mol. The maximum absolute atomic E-state index is 12.3. The van der Waals surface area contributed by atoms with Gasteiger partial charge in [-0.15, -0.1) is 11.3 Å². The predicted molar refractivity (Wildman–Crippen MR) is 90.4 cm³/mol. The molecule has 5 nitrogen and oxygen atoms in total. The Morgan fingerprint density at radius 3 is 2.55 bits per heavy atom. The van der Waals surface area contributed by atoms with Crippen molar-refractivity contribution >= 4 is 28.8 Å². The van der Waals surface area contributed by atoms with Gasteiger partial charge in [0.25, 0.3) is 0 Å². The summed E-state index contributed by atoms with van der Waals surface area (Å²) in [5.74, 6) is 0.133. The third-order valence-electron chi connectivity index (χ3n) is 3.79. The maximum Gasteiger partial charge on any atom is 0.236 e. The largest absolute Gasteiger partial charge is 0.392 e.